The van der Waals surface area contributed by atoms with Crippen LogP contribution in [0.25, 0.3) is 0 Å². The Bertz CT molecular complexity index is 641. The van der Waals surface area contributed by atoms with Crippen LogP contribution in [0.2, 0.25) is 0 Å². The van der Waals surface area contributed by atoms with Crippen LogP contribution in [0.4, 0.5) is 4.79 Å². The highest BCUT2D eigenvalue weighted by Crippen LogP contribution is 2.39. The lowest BCUT2D eigenvalue weighted by atomic mass is 9.78. The molecule has 0 unspecified atom stereocenters. The zero-order chi connectivity index (χ0) is 20.5. The third-order valence-corrected chi connectivity index (χ3v) is 3.60. The highest BCUT2D eigenvalue weighted by molar-refractivity contribution is 6.54. The predicted octanol–water partition coefficient (Wildman–Crippen LogP) is 3.14. The molecule has 1 fully saturated rings. The second kappa shape index (κ2) is 5.02. The lowest BCUT2D eigenvalue weighted by molar-refractivity contribution is 0.00578. The van der Waals surface area contributed by atoms with Gasteiger partial charge >= 0.3 is 13.2 Å². The third kappa shape index (κ3) is 3.43. The summed E-state index contributed by atoms with van der Waals surface area (Å²) < 4.78 is 57.8. The Labute approximate surface area is 134 Å². The van der Waals surface area contributed by atoms with Crippen LogP contribution < -0.4 is 0 Å². The minimum Gasteiger partial charge on any atom is -0.443 e. The smallest absolute Gasteiger partial charge is 0.443 e. The number of nitrogens with zero attached hydrogens (tertiary/aromatic N) is 1. The van der Waals surface area contributed by atoms with Gasteiger partial charge in [-0.2, -0.15) is 0 Å². The molecule has 2 heterocycles. The fourth-order valence-corrected chi connectivity index (χ4v) is 1.76. The van der Waals surface area contributed by atoms with Crippen molar-refractivity contribution in [2.45, 2.75) is 71.6 Å². The number of hydrogen-bond donors (Lipinski definition) is 0. The Kier molecular flexibility index (Phi) is 2.55. The second-order valence-corrected chi connectivity index (χ2v) is 7.17. The Morgan fingerprint density at radius 2 is 1.90 bits per heavy atom. The highest BCUT2D eigenvalue weighted by atomic mass is 16.7. The Morgan fingerprint density at radius 3 is 2.38 bits per heavy atom. The summed E-state index contributed by atoms with van der Waals surface area (Å²) in [5.74, 6) is 0. The number of carbonyl (C=O) groups is 1. The summed E-state index contributed by atoms with van der Waals surface area (Å²) in [6.45, 7) is 9.05. The number of carbonyl (C=O) groups excluding carboxylic acids is 1. The van der Waals surface area contributed by atoms with E-state index in [9.17, 15) is 4.79 Å². The molecule has 0 N–H and O–H groups in total. The minimum atomic E-state index is -2.83. The van der Waals surface area contributed by atoms with Crippen molar-refractivity contribution in [1.29, 1.82) is 0 Å². The quantitative estimate of drug-likeness (QED) is 0.698. The molecule has 0 bridgehead atoms. The Hall–Kier alpha value is -1.01. The summed E-state index contributed by atoms with van der Waals surface area (Å²) >= 11 is 0. The molecule has 2 aliphatic rings. The van der Waals surface area contributed by atoms with Crippen molar-refractivity contribution >= 4 is 13.2 Å². The van der Waals surface area contributed by atoms with E-state index in [2.05, 4.69) is 0 Å². The molecule has 0 aromatic carbocycles. The molecule has 0 aromatic rings. The van der Waals surface area contributed by atoms with Gasteiger partial charge in [0.25, 0.3) is 0 Å². The first-order valence-electron chi connectivity index (χ1n) is 9.45. The summed E-state index contributed by atoms with van der Waals surface area (Å²) in [5, 5.41) is 0. The van der Waals surface area contributed by atoms with Gasteiger partial charge in [0, 0.05) is 15.4 Å². The van der Waals surface area contributed by atoms with Crippen LogP contribution in [0.1, 0.15) is 61.7 Å². The average molecular weight is 300 g/mol. The molecule has 0 saturated carbocycles. The predicted molar refractivity (Wildman–Crippen MR) is 81.7 cm³/mol. The fourth-order valence-electron chi connectivity index (χ4n) is 1.76. The Balaban J connectivity index is 2.50. The standard InChI is InChI=1S/C15H26BNO4/c1-13(2,3)19-12(18)17-9-8-11(10-17)16-20-14(4,5)15(6,7)21-16/h10H,8-9H2,1-7H3/i8D2,9D2,10D. The van der Waals surface area contributed by atoms with Gasteiger partial charge in [0.05, 0.1) is 15.3 Å². The van der Waals surface area contributed by atoms with Crippen molar-refractivity contribution in [1.82, 2.24) is 4.90 Å². The van der Waals surface area contributed by atoms with Crippen molar-refractivity contribution in [3.63, 3.8) is 0 Å². The van der Waals surface area contributed by atoms with Gasteiger partial charge in [0.2, 0.25) is 0 Å². The van der Waals surface area contributed by atoms with Gasteiger partial charge in [-0.3, -0.25) is 4.90 Å². The van der Waals surface area contributed by atoms with E-state index in [0.29, 0.717) is 4.90 Å². The second-order valence-electron chi connectivity index (χ2n) is 7.17. The molecule has 0 aromatic heterocycles. The first-order valence-corrected chi connectivity index (χ1v) is 6.95. The molecule has 0 atom stereocenters. The molecular formula is C15H26BNO4. The molecule has 21 heavy (non-hydrogen) atoms. The maximum Gasteiger partial charge on any atom is 0.492 e. The topological polar surface area (TPSA) is 48.0 Å². The average Bonchev–Trinajstić information content (AvgIpc) is 2.61. The van der Waals surface area contributed by atoms with Crippen molar-refractivity contribution in [2.75, 3.05) is 6.50 Å². The van der Waals surface area contributed by atoms with E-state index in [-0.39, 0.29) is 5.47 Å². The van der Waals surface area contributed by atoms with E-state index in [1.807, 2.05) is 0 Å². The van der Waals surface area contributed by atoms with E-state index in [1.54, 1.807) is 48.5 Å². The molecular weight excluding hydrogens is 269 g/mol. The summed E-state index contributed by atoms with van der Waals surface area (Å²) in [7, 11) is -1.29. The van der Waals surface area contributed by atoms with Crippen LogP contribution in [0.3, 0.4) is 0 Å². The van der Waals surface area contributed by atoms with E-state index in [0.717, 1.165) is 0 Å². The molecule has 6 heteroatoms. The van der Waals surface area contributed by atoms with Crippen molar-refractivity contribution in [3.8, 4) is 0 Å². The first-order chi connectivity index (χ1) is 11.4. The van der Waals surface area contributed by atoms with E-state index in [1.165, 1.54) is 0 Å². The lowest BCUT2D eigenvalue weighted by Gasteiger charge is -2.32. The molecule has 5 nitrogen and oxygen atoms in total. The zero-order valence-electron chi connectivity index (χ0n) is 18.7. The van der Waals surface area contributed by atoms with Crippen LogP contribution in [0, 0.1) is 0 Å². The van der Waals surface area contributed by atoms with Crippen LogP contribution in [-0.4, -0.2) is 41.4 Å². The molecule has 1 amide bonds. The summed E-state index contributed by atoms with van der Waals surface area (Å²) in [6, 6.07) is 0. The van der Waals surface area contributed by atoms with Crippen molar-refractivity contribution in [2.24, 2.45) is 0 Å². The van der Waals surface area contributed by atoms with Crippen molar-refractivity contribution in [3.05, 3.63) is 11.6 Å². The van der Waals surface area contributed by atoms with Gasteiger partial charge in [0.1, 0.15) is 5.60 Å². The molecule has 0 aliphatic carbocycles. The minimum absolute atomic E-state index is 0.369. The maximum absolute atomic E-state index is 12.5. The van der Waals surface area contributed by atoms with Crippen molar-refractivity contribution < 1.29 is 25.7 Å². The van der Waals surface area contributed by atoms with Gasteiger partial charge in [0.15, 0.2) is 0 Å². The monoisotopic (exact) mass is 300 g/mol. The van der Waals surface area contributed by atoms with E-state index in [4.69, 9.17) is 20.9 Å². The Morgan fingerprint density at radius 1 is 1.38 bits per heavy atom. The van der Waals surface area contributed by atoms with Crippen LogP contribution in [0.15, 0.2) is 11.6 Å². The van der Waals surface area contributed by atoms with Gasteiger partial charge in [-0.05, 0) is 60.3 Å². The molecule has 0 spiro atoms. The summed E-state index contributed by atoms with van der Waals surface area (Å²) in [6.07, 6.45) is -4.47. The number of hydrogen-bond acceptors (Lipinski definition) is 4. The normalized spacial score (nSPS) is 33.0. The summed E-state index contributed by atoms with van der Waals surface area (Å²) in [5.41, 5.74) is -2.89. The first kappa shape index (κ1) is 10.7. The van der Waals surface area contributed by atoms with Gasteiger partial charge in [-0.25, -0.2) is 4.79 Å². The largest absolute Gasteiger partial charge is 0.492 e. The van der Waals surface area contributed by atoms with Crippen LogP contribution in [-0.2, 0) is 14.0 Å². The number of ether oxygens (including phenoxy) is 1. The molecule has 118 valence electrons. The molecule has 2 aliphatic heterocycles. The van der Waals surface area contributed by atoms with Crippen LogP contribution in [0.5, 0.6) is 0 Å². The molecule has 1 saturated heterocycles. The van der Waals surface area contributed by atoms with Gasteiger partial charge < -0.3 is 14.0 Å². The summed E-state index contributed by atoms with van der Waals surface area (Å²) in [4.78, 5) is 12.8. The lowest BCUT2D eigenvalue weighted by Crippen LogP contribution is -2.41. The van der Waals surface area contributed by atoms with Crippen LogP contribution >= 0.6 is 0 Å². The number of amides is 1. The third-order valence-electron chi connectivity index (χ3n) is 3.60. The maximum atomic E-state index is 12.5. The van der Waals surface area contributed by atoms with Gasteiger partial charge in [-0.1, -0.05) is 0 Å². The molecule has 2 rings (SSSR count). The highest BCUT2D eigenvalue weighted by Gasteiger charge is 2.53. The number of rotatable bonds is 1. The van der Waals surface area contributed by atoms with E-state index >= 15 is 0 Å². The molecule has 0 radical (unpaired) electrons. The van der Waals surface area contributed by atoms with E-state index < -0.39 is 49.1 Å². The van der Waals surface area contributed by atoms with Gasteiger partial charge in [-0.15, -0.1) is 0 Å². The fraction of sp³-hybridized carbons (Fsp3) is 0.800. The SMILES string of the molecule is [2H]C1=C(B2OC(C)(C)C(C)(C)O2)C([2H])([2H])C([2H])([2H])N1C(=O)OC(C)(C)C. The zero-order valence-corrected chi connectivity index (χ0v) is 13.7.